The summed E-state index contributed by atoms with van der Waals surface area (Å²) >= 11 is 0. The first-order chi connectivity index (χ1) is 11.8. The highest BCUT2D eigenvalue weighted by Crippen LogP contribution is 2.30. The Hall–Kier alpha value is -1.47. The molecule has 0 radical (unpaired) electrons. The second-order valence-electron chi connectivity index (χ2n) is 6.48. The van der Waals surface area contributed by atoms with Gasteiger partial charge in [0.15, 0.2) is 0 Å². The Balaban J connectivity index is 1.51. The Labute approximate surface area is 145 Å². The van der Waals surface area contributed by atoms with Gasteiger partial charge in [-0.15, -0.1) is 4.28 Å². The van der Waals surface area contributed by atoms with Crippen molar-refractivity contribution in [2.75, 3.05) is 26.2 Å². The molecule has 0 aromatic heterocycles. The molecule has 12 heteroatoms. The molecule has 3 aliphatic rings. The number of hydroxylamine groups is 3. The maximum atomic E-state index is 12.3. The number of amides is 3. The van der Waals surface area contributed by atoms with Crippen LogP contribution in [-0.4, -0.2) is 73.2 Å². The van der Waals surface area contributed by atoms with Gasteiger partial charge in [0.1, 0.15) is 6.04 Å². The van der Waals surface area contributed by atoms with Gasteiger partial charge in [-0.05, 0) is 44.7 Å². The van der Waals surface area contributed by atoms with Crippen molar-refractivity contribution in [1.82, 2.24) is 20.8 Å². The Morgan fingerprint density at radius 3 is 2.68 bits per heavy atom. The molecule has 0 aromatic carbocycles. The van der Waals surface area contributed by atoms with Gasteiger partial charge < -0.3 is 10.2 Å². The highest BCUT2D eigenvalue weighted by atomic mass is 32.3. The second kappa shape index (κ2) is 7.41. The number of rotatable bonds is 6. The lowest BCUT2D eigenvalue weighted by atomic mass is 9.99. The van der Waals surface area contributed by atoms with Crippen LogP contribution in [0, 0.1) is 5.92 Å². The molecule has 25 heavy (non-hydrogen) atoms. The molecule has 142 valence electrons. The molecule has 0 aliphatic carbocycles. The van der Waals surface area contributed by atoms with Crippen molar-refractivity contribution < 1.29 is 31.7 Å². The highest BCUT2D eigenvalue weighted by molar-refractivity contribution is 7.80. The summed E-state index contributed by atoms with van der Waals surface area (Å²) in [4.78, 5) is 31.0. The monoisotopic (exact) mass is 378 g/mol. The van der Waals surface area contributed by atoms with Gasteiger partial charge in [0.05, 0.1) is 12.6 Å². The molecule has 0 aromatic rings. The minimum atomic E-state index is -4.80. The summed E-state index contributed by atoms with van der Waals surface area (Å²) in [6, 6.07) is -2.04. The first-order valence-corrected chi connectivity index (χ1v) is 9.61. The van der Waals surface area contributed by atoms with Crippen LogP contribution in [0.2, 0.25) is 0 Å². The number of hydrogen-bond acceptors (Lipinski definition) is 7. The molecule has 3 fully saturated rings. The van der Waals surface area contributed by atoms with Gasteiger partial charge in [0, 0.05) is 6.54 Å². The largest absolute Gasteiger partial charge is 0.418 e. The van der Waals surface area contributed by atoms with Crippen molar-refractivity contribution in [1.29, 1.82) is 0 Å². The van der Waals surface area contributed by atoms with E-state index in [1.165, 1.54) is 4.90 Å². The van der Waals surface area contributed by atoms with Crippen molar-refractivity contribution in [3.05, 3.63) is 0 Å². The lowest BCUT2D eigenvalue weighted by Gasteiger charge is -2.29. The predicted octanol–water partition coefficient (Wildman–Crippen LogP) is -0.963. The van der Waals surface area contributed by atoms with E-state index in [-0.39, 0.29) is 6.54 Å². The zero-order valence-corrected chi connectivity index (χ0v) is 14.4. The minimum absolute atomic E-state index is 0.154. The Bertz CT molecular complexity index is 622. The first kappa shape index (κ1) is 18.3. The molecular weight excluding hydrogens is 356 g/mol. The van der Waals surface area contributed by atoms with Crippen LogP contribution in [0.4, 0.5) is 4.79 Å². The molecule has 2 atom stereocenters. The van der Waals surface area contributed by atoms with E-state index >= 15 is 0 Å². The smallest absolute Gasteiger partial charge is 0.317 e. The number of carbonyl (C=O) groups excluding carboxylic acids is 2. The fourth-order valence-electron chi connectivity index (χ4n) is 3.45. The molecule has 3 heterocycles. The number of carbonyl (C=O) groups is 2. The van der Waals surface area contributed by atoms with Gasteiger partial charge in [-0.2, -0.15) is 13.5 Å². The Morgan fingerprint density at radius 1 is 1.28 bits per heavy atom. The third kappa shape index (κ3) is 4.39. The number of nitrogens with zero attached hydrogens (tertiary/aromatic N) is 2. The van der Waals surface area contributed by atoms with Gasteiger partial charge in [0.2, 0.25) is 0 Å². The third-order valence-corrected chi connectivity index (χ3v) is 5.10. The van der Waals surface area contributed by atoms with E-state index < -0.39 is 34.4 Å². The summed E-state index contributed by atoms with van der Waals surface area (Å²) < 4.78 is 34.8. The average molecular weight is 378 g/mol. The van der Waals surface area contributed by atoms with Gasteiger partial charge in [-0.1, -0.05) is 0 Å². The van der Waals surface area contributed by atoms with Crippen LogP contribution in [0.5, 0.6) is 0 Å². The molecule has 0 saturated carbocycles. The number of piperidine rings is 2. The van der Waals surface area contributed by atoms with Crippen LogP contribution in [0.3, 0.4) is 0 Å². The SMILES string of the molecule is O=C(NOCC1CCNCC1)[C@@H]1CCC2CN1C(=O)N2OS(=O)(=O)O. The van der Waals surface area contributed by atoms with Gasteiger partial charge in [-0.25, -0.2) is 10.3 Å². The summed E-state index contributed by atoms with van der Waals surface area (Å²) in [5, 5.41) is 3.85. The van der Waals surface area contributed by atoms with Gasteiger partial charge in [0.25, 0.3) is 5.91 Å². The highest BCUT2D eigenvalue weighted by Gasteiger charge is 2.49. The van der Waals surface area contributed by atoms with E-state index in [9.17, 15) is 18.0 Å². The third-order valence-electron chi connectivity index (χ3n) is 4.75. The van der Waals surface area contributed by atoms with Crippen molar-refractivity contribution in [2.24, 2.45) is 5.92 Å². The molecule has 2 bridgehead atoms. The van der Waals surface area contributed by atoms with Crippen LogP contribution in [0.1, 0.15) is 25.7 Å². The summed E-state index contributed by atoms with van der Waals surface area (Å²) in [7, 11) is -4.80. The Kier molecular flexibility index (Phi) is 5.43. The van der Waals surface area contributed by atoms with E-state index in [4.69, 9.17) is 9.39 Å². The first-order valence-electron chi connectivity index (χ1n) is 8.24. The molecule has 3 aliphatic heterocycles. The van der Waals surface area contributed by atoms with Crippen LogP contribution in [0.15, 0.2) is 0 Å². The lowest BCUT2D eigenvalue weighted by molar-refractivity contribution is -0.140. The predicted molar refractivity (Wildman–Crippen MR) is 83.1 cm³/mol. The zero-order chi connectivity index (χ0) is 18.0. The molecule has 11 nitrogen and oxygen atoms in total. The van der Waals surface area contributed by atoms with Gasteiger partial charge in [-0.3, -0.25) is 14.2 Å². The van der Waals surface area contributed by atoms with E-state index in [0.29, 0.717) is 30.4 Å². The molecule has 3 rings (SSSR count). The van der Waals surface area contributed by atoms with Crippen molar-refractivity contribution in [3.8, 4) is 0 Å². The summed E-state index contributed by atoms with van der Waals surface area (Å²) in [5.74, 6) is -0.0706. The summed E-state index contributed by atoms with van der Waals surface area (Å²) in [6.45, 7) is 2.42. The Morgan fingerprint density at radius 2 is 2.00 bits per heavy atom. The topological polar surface area (TPSA) is 138 Å². The molecule has 3 saturated heterocycles. The second-order valence-corrected chi connectivity index (χ2v) is 7.49. The lowest BCUT2D eigenvalue weighted by Crippen LogP contribution is -2.50. The maximum absolute atomic E-state index is 12.3. The van der Waals surface area contributed by atoms with Crippen LogP contribution < -0.4 is 10.8 Å². The van der Waals surface area contributed by atoms with Crippen molar-refractivity contribution in [2.45, 2.75) is 37.8 Å². The zero-order valence-electron chi connectivity index (χ0n) is 13.6. The summed E-state index contributed by atoms with van der Waals surface area (Å²) in [6.07, 6.45) is 2.69. The van der Waals surface area contributed by atoms with Crippen LogP contribution in [0.25, 0.3) is 0 Å². The maximum Gasteiger partial charge on any atom is 0.418 e. The number of fused-ring (bicyclic) bond motifs is 2. The fraction of sp³-hybridized carbons (Fsp3) is 0.846. The normalized spacial score (nSPS) is 27.6. The number of nitrogens with one attached hydrogen (secondary N) is 2. The van der Waals surface area contributed by atoms with Gasteiger partial charge >= 0.3 is 16.4 Å². The average Bonchev–Trinajstić information content (AvgIpc) is 2.79. The number of urea groups is 1. The standard InChI is InChI=1S/C13H22N4O7S/c18-12(15-23-8-9-3-5-14-6-4-9)11-2-1-10-7-16(11)13(19)17(10)24-25(20,21)22/h9-11,14H,1-8H2,(H,15,18)(H,20,21,22)/t10?,11-/m0/s1. The quantitative estimate of drug-likeness (QED) is 0.397. The van der Waals surface area contributed by atoms with E-state index in [1.54, 1.807) is 0 Å². The van der Waals surface area contributed by atoms with Crippen molar-refractivity contribution in [3.63, 3.8) is 0 Å². The van der Waals surface area contributed by atoms with Crippen LogP contribution in [-0.2, 0) is 24.3 Å². The molecule has 3 amide bonds. The molecule has 3 N–H and O–H groups in total. The number of hydrogen-bond donors (Lipinski definition) is 3. The molecule has 1 unspecified atom stereocenters. The van der Waals surface area contributed by atoms with Crippen molar-refractivity contribution >= 4 is 22.3 Å². The van der Waals surface area contributed by atoms with E-state index in [0.717, 1.165) is 25.9 Å². The molecule has 0 spiro atoms. The molecular formula is C13H22N4O7S. The fourth-order valence-corrected chi connectivity index (χ4v) is 3.84. The van der Waals surface area contributed by atoms with E-state index in [2.05, 4.69) is 15.1 Å². The van der Waals surface area contributed by atoms with E-state index in [1.807, 2.05) is 0 Å². The minimum Gasteiger partial charge on any atom is -0.317 e. The van der Waals surface area contributed by atoms with Crippen LogP contribution >= 0.6 is 0 Å². The summed E-state index contributed by atoms with van der Waals surface area (Å²) in [5.41, 5.74) is 2.39.